The molecule has 2 heteroatoms. The average molecular weight is 129 g/mol. The summed E-state index contributed by atoms with van der Waals surface area (Å²) >= 11 is 2.03. The van der Waals surface area contributed by atoms with Crippen LogP contribution in [0.3, 0.4) is 0 Å². The van der Waals surface area contributed by atoms with Gasteiger partial charge in [-0.2, -0.15) is 11.8 Å². The Morgan fingerprint density at radius 1 is 1.62 bits per heavy atom. The molecule has 8 heavy (non-hydrogen) atoms. The van der Waals surface area contributed by atoms with Crippen LogP contribution in [0.4, 0.5) is 0 Å². The maximum absolute atomic E-state index is 3.47. The molecule has 3 atom stereocenters. The maximum atomic E-state index is 3.47. The Balaban J connectivity index is 2.02. The van der Waals surface area contributed by atoms with Gasteiger partial charge in [-0.05, 0) is 25.1 Å². The second kappa shape index (κ2) is 1.64. The number of rotatable bonds is 1. The Bertz CT molecular complexity index is 90.7. The Labute approximate surface area is 54.2 Å². The van der Waals surface area contributed by atoms with Crippen molar-refractivity contribution in [2.75, 3.05) is 12.8 Å². The van der Waals surface area contributed by atoms with E-state index in [1.54, 1.807) is 0 Å². The van der Waals surface area contributed by atoms with Crippen LogP contribution < -0.4 is 5.32 Å². The summed E-state index contributed by atoms with van der Waals surface area (Å²) in [5.41, 5.74) is 0. The molecule has 2 aliphatic heterocycles. The largest absolute Gasteiger partial charge is 0.313 e. The summed E-state index contributed by atoms with van der Waals surface area (Å²) in [7, 11) is 0. The van der Waals surface area contributed by atoms with E-state index in [1.165, 1.54) is 13.0 Å². The Morgan fingerprint density at radius 2 is 2.50 bits per heavy atom. The van der Waals surface area contributed by atoms with Crippen molar-refractivity contribution in [1.29, 1.82) is 0 Å². The van der Waals surface area contributed by atoms with Gasteiger partial charge in [0, 0.05) is 11.3 Å². The topological polar surface area (TPSA) is 12.0 Å². The van der Waals surface area contributed by atoms with Crippen LogP contribution in [-0.4, -0.2) is 24.1 Å². The van der Waals surface area contributed by atoms with E-state index in [1.807, 2.05) is 11.8 Å². The third-order valence-corrected chi connectivity index (χ3v) is 3.59. The van der Waals surface area contributed by atoms with Crippen LogP contribution in [0.5, 0.6) is 0 Å². The third kappa shape index (κ3) is 0.477. The maximum Gasteiger partial charge on any atom is 0.0239 e. The van der Waals surface area contributed by atoms with Gasteiger partial charge in [0.1, 0.15) is 0 Å². The van der Waals surface area contributed by atoms with E-state index >= 15 is 0 Å². The van der Waals surface area contributed by atoms with Crippen LogP contribution in [0, 0.1) is 5.92 Å². The first-order valence-corrected chi connectivity index (χ1v) is 4.47. The van der Waals surface area contributed by atoms with Gasteiger partial charge in [0.2, 0.25) is 0 Å². The minimum Gasteiger partial charge on any atom is -0.313 e. The minimum atomic E-state index is 0.884. The van der Waals surface area contributed by atoms with Crippen LogP contribution in [-0.2, 0) is 0 Å². The van der Waals surface area contributed by atoms with E-state index in [0.717, 1.165) is 17.2 Å². The SMILES string of the molecule is CS[C@H]1C2CNC1C2. The molecule has 2 bridgehead atoms. The molecule has 3 fully saturated rings. The number of hydrogen-bond acceptors (Lipinski definition) is 2. The second-order valence-corrected chi connectivity index (χ2v) is 3.73. The van der Waals surface area contributed by atoms with Gasteiger partial charge in [0.05, 0.1) is 0 Å². The highest BCUT2D eigenvalue weighted by Crippen LogP contribution is 2.40. The number of fused-ring (bicyclic) bond motifs is 1. The smallest absolute Gasteiger partial charge is 0.0239 e. The fraction of sp³-hybridized carbons (Fsp3) is 1.00. The molecule has 0 amide bonds. The molecule has 1 nitrogen and oxygen atoms in total. The Morgan fingerprint density at radius 3 is 2.75 bits per heavy atom. The van der Waals surface area contributed by atoms with E-state index in [0.29, 0.717) is 0 Å². The van der Waals surface area contributed by atoms with Gasteiger partial charge in [-0.1, -0.05) is 0 Å². The van der Waals surface area contributed by atoms with Crippen LogP contribution in [0.1, 0.15) is 6.42 Å². The van der Waals surface area contributed by atoms with E-state index in [4.69, 9.17) is 0 Å². The molecule has 1 saturated carbocycles. The highest BCUT2D eigenvalue weighted by molar-refractivity contribution is 7.99. The Hall–Kier alpha value is 0.310. The van der Waals surface area contributed by atoms with Crippen molar-refractivity contribution in [3.8, 4) is 0 Å². The second-order valence-electron chi connectivity index (χ2n) is 2.71. The van der Waals surface area contributed by atoms with Crippen molar-refractivity contribution >= 4 is 11.8 Å². The predicted molar refractivity (Wildman–Crippen MR) is 37.2 cm³/mol. The van der Waals surface area contributed by atoms with Crippen molar-refractivity contribution in [2.45, 2.75) is 17.7 Å². The van der Waals surface area contributed by atoms with Crippen molar-refractivity contribution in [3.05, 3.63) is 0 Å². The molecule has 3 aliphatic rings. The fourth-order valence-corrected chi connectivity index (χ4v) is 2.91. The van der Waals surface area contributed by atoms with E-state index in [9.17, 15) is 0 Å². The van der Waals surface area contributed by atoms with E-state index < -0.39 is 0 Å². The summed E-state index contributed by atoms with van der Waals surface area (Å²) in [4.78, 5) is 0. The van der Waals surface area contributed by atoms with Gasteiger partial charge in [0.15, 0.2) is 0 Å². The molecule has 1 aliphatic carbocycles. The lowest BCUT2D eigenvalue weighted by Crippen LogP contribution is -2.39. The molecule has 2 unspecified atom stereocenters. The van der Waals surface area contributed by atoms with Gasteiger partial charge in [-0.3, -0.25) is 0 Å². The van der Waals surface area contributed by atoms with Crippen molar-refractivity contribution in [3.63, 3.8) is 0 Å². The van der Waals surface area contributed by atoms with E-state index in [-0.39, 0.29) is 0 Å². The normalized spacial score (nSPS) is 51.4. The van der Waals surface area contributed by atoms with Crippen molar-refractivity contribution in [1.82, 2.24) is 5.32 Å². The first kappa shape index (κ1) is 5.12. The van der Waals surface area contributed by atoms with Crippen LogP contribution in [0.2, 0.25) is 0 Å². The van der Waals surface area contributed by atoms with Gasteiger partial charge in [0.25, 0.3) is 0 Å². The molecule has 0 radical (unpaired) electrons. The molecule has 2 saturated heterocycles. The van der Waals surface area contributed by atoms with Gasteiger partial charge >= 0.3 is 0 Å². The first-order chi connectivity index (χ1) is 3.92. The molecule has 1 N–H and O–H groups in total. The zero-order valence-corrected chi connectivity index (χ0v) is 5.87. The summed E-state index contributed by atoms with van der Waals surface area (Å²) in [5, 5.41) is 4.44. The molecule has 0 spiro atoms. The zero-order valence-electron chi connectivity index (χ0n) is 5.05. The number of thioether (sulfide) groups is 1. The highest BCUT2D eigenvalue weighted by Gasteiger charge is 2.45. The van der Waals surface area contributed by atoms with Crippen LogP contribution in [0.25, 0.3) is 0 Å². The number of hydrogen-bond donors (Lipinski definition) is 1. The Kier molecular flexibility index (Phi) is 1.05. The zero-order chi connectivity index (χ0) is 5.56. The summed E-state index contributed by atoms with van der Waals surface area (Å²) in [5.74, 6) is 1.02. The molecule has 2 heterocycles. The minimum absolute atomic E-state index is 0.884. The highest BCUT2D eigenvalue weighted by atomic mass is 32.2. The summed E-state index contributed by atoms with van der Waals surface area (Å²) in [6.07, 6.45) is 3.67. The molecule has 3 rings (SSSR count). The van der Waals surface area contributed by atoms with E-state index in [2.05, 4.69) is 11.6 Å². The van der Waals surface area contributed by atoms with Crippen LogP contribution >= 0.6 is 11.8 Å². The van der Waals surface area contributed by atoms with Crippen molar-refractivity contribution in [2.24, 2.45) is 5.92 Å². The molecule has 0 aromatic rings. The van der Waals surface area contributed by atoms with Gasteiger partial charge in [-0.25, -0.2) is 0 Å². The molecule has 0 aromatic heterocycles. The molecule has 46 valence electrons. The van der Waals surface area contributed by atoms with Crippen molar-refractivity contribution < 1.29 is 0 Å². The van der Waals surface area contributed by atoms with Gasteiger partial charge in [-0.15, -0.1) is 0 Å². The summed E-state index contributed by atoms with van der Waals surface area (Å²) in [6.45, 7) is 1.29. The predicted octanol–water partition coefficient (Wildman–Crippen LogP) is 0.710. The quantitative estimate of drug-likeness (QED) is 0.559. The molecular formula is C6H11NS. The summed E-state index contributed by atoms with van der Waals surface area (Å²) in [6, 6.07) is 0.884. The molecule has 0 aromatic carbocycles. The molecular weight excluding hydrogens is 118 g/mol. The summed E-state index contributed by atoms with van der Waals surface area (Å²) < 4.78 is 0. The standard InChI is InChI=1S/C6H11NS/c1-8-6-4-2-5(6)7-3-4/h4-7H,2-3H2,1H3/t4?,5?,6-/m0/s1. The lowest BCUT2D eigenvalue weighted by Gasteiger charge is -2.32. The van der Waals surface area contributed by atoms with Crippen LogP contribution in [0.15, 0.2) is 0 Å². The lowest BCUT2D eigenvalue weighted by atomic mass is 9.86. The fourth-order valence-electron chi connectivity index (χ4n) is 1.79. The number of nitrogens with one attached hydrogen (secondary N) is 1. The monoisotopic (exact) mass is 129 g/mol. The first-order valence-electron chi connectivity index (χ1n) is 3.18. The third-order valence-electron chi connectivity index (χ3n) is 2.33. The van der Waals surface area contributed by atoms with Gasteiger partial charge < -0.3 is 5.32 Å². The average Bonchev–Trinajstić information content (AvgIpc) is 2.19. The lowest BCUT2D eigenvalue weighted by molar-refractivity contribution is 0.390.